The Morgan fingerprint density at radius 3 is 2.43 bits per heavy atom. The molecule has 5 aromatic rings. The molecule has 2 amide bonds. The Morgan fingerprint density at radius 1 is 0.918 bits per heavy atom. The van der Waals surface area contributed by atoms with Gasteiger partial charge in [-0.25, -0.2) is 19.8 Å². The fourth-order valence-electron chi connectivity index (χ4n) is 5.80. The number of urea groups is 1. The Hall–Kier alpha value is -5.71. The predicted octanol–water partition coefficient (Wildman–Crippen LogP) is 8.20. The maximum absolute atomic E-state index is 13.7. The maximum Gasteiger partial charge on any atom is 0.321 e. The van der Waals surface area contributed by atoms with Crippen LogP contribution in [-0.2, 0) is 6.61 Å². The minimum Gasteiger partial charge on any atom is -0.494 e. The van der Waals surface area contributed by atoms with Gasteiger partial charge in [0.25, 0.3) is 0 Å². The van der Waals surface area contributed by atoms with Gasteiger partial charge in [-0.05, 0) is 74.4 Å². The van der Waals surface area contributed by atoms with Crippen molar-refractivity contribution in [2.45, 2.75) is 60.2 Å². The average molecular weight is 659 g/mol. The van der Waals surface area contributed by atoms with E-state index in [0.29, 0.717) is 42.7 Å². The smallest absolute Gasteiger partial charge is 0.321 e. The van der Waals surface area contributed by atoms with Crippen LogP contribution in [0.25, 0.3) is 10.8 Å². The van der Waals surface area contributed by atoms with Crippen LogP contribution in [0.15, 0.2) is 96.6 Å². The van der Waals surface area contributed by atoms with Gasteiger partial charge in [0.05, 0.1) is 24.2 Å². The molecule has 0 aliphatic carbocycles. The molecule has 0 spiro atoms. The van der Waals surface area contributed by atoms with E-state index in [1.807, 2.05) is 92.5 Å². The first-order chi connectivity index (χ1) is 23.5. The summed E-state index contributed by atoms with van der Waals surface area (Å²) >= 11 is 0. The van der Waals surface area contributed by atoms with Crippen molar-refractivity contribution in [3.8, 4) is 11.5 Å². The van der Waals surface area contributed by atoms with Crippen LogP contribution in [0.2, 0.25) is 0 Å². The number of hydrogen-bond donors (Lipinski definition) is 3. The number of ether oxygens (including phenoxy) is 2. The number of nitrogens with one attached hydrogen (secondary N) is 3. The number of amides is 2. The number of hydrogen-bond acceptors (Lipinski definition) is 9. The molecule has 3 heterocycles. The minimum atomic E-state index is -0.809. The maximum atomic E-state index is 13.7. The lowest BCUT2D eigenvalue weighted by Crippen LogP contribution is -2.56. The molecule has 6 rings (SSSR count). The van der Waals surface area contributed by atoms with E-state index in [2.05, 4.69) is 51.7 Å². The second kappa shape index (κ2) is 13.8. The van der Waals surface area contributed by atoms with Gasteiger partial charge in [-0.15, -0.1) is 0 Å². The molecule has 49 heavy (non-hydrogen) atoms. The number of hydrazone groups is 1. The number of nitrogens with zero attached hydrogens (tertiary/aromatic N) is 5. The van der Waals surface area contributed by atoms with Crippen LogP contribution < -0.4 is 30.4 Å². The van der Waals surface area contributed by atoms with E-state index in [9.17, 15) is 4.79 Å². The minimum absolute atomic E-state index is 0.175. The number of benzene rings is 3. The summed E-state index contributed by atoms with van der Waals surface area (Å²) in [6.07, 6.45) is 7.16. The van der Waals surface area contributed by atoms with Gasteiger partial charge < -0.3 is 25.4 Å². The van der Waals surface area contributed by atoms with E-state index < -0.39 is 5.66 Å². The highest BCUT2D eigenvalue weighted by Gasteiger charge is 2.44. The second-order valence-corrected chi connectivity index (χ2v) is 13.2. The molecule has 0 fully saturated rings. The normalized spacial score (nSPS) is 15.9. The monoisotopic (exact) mass is 658 g/mol. The van der Waals surface area contributed by atoms with Gasteiger partial charge in [0, 0.05) is 46.9 Å². The summed E-state index contributed by atoms with van der Waals surface area (Å²) < 4.78 is 12.1. The summed E-state index contributed by atoms with van der Waals surface area (Å²) in [5.74, 6) is 2.78. The van der Waals surface area contributed by atoms with Gasteiger partial charge in [0.1, 0.15) is 35.4 Å². The first-order valence-corrected chi connectivity index (χ1v) is 16.4. The third kappa shape index (κ3) is 7.56. The molecular weight excluding hydrogens is 616 g/mol. The van der Waals surface area contributed by atoms with Gasteiger partial charge >= 0.3 is 6.03 Å². The van der Waals surface area contributed by atoms with Crippen molar-refractivity contribution in [3.63, 3.8) is 0 Å². The number of pyridine rings is 1. The molecule has 0 radical (unpaired) electrons. The lowest BCUT2D eigenvalue weighted by Gasteiger charge is -2.35. The molecule has 3 N–H and O–H groups in total. The molecule has 0 bridgehead atoms. The van der Waals surface area contributed by atoms with Gasteiger partial charge in [0.2, 0.25) is 0 Å². The standard InChI is InChI=1S/C38H42N8O3/c1-7-48-31-14-12-27(20-25(31)2)46-38(6,22-33(45-46)37(3,4)5)44-36(47)42-30-13-15-32(29-11-9-8-10-28(29)30)49-24-26-16-17-40-34(21-26)43-35-23-39-18-19-41-35/h8-21,23H,7,22,24H2,1-6H3,(H,40,41,43)(H2,42,44,47). The fourth-order valence-corrected chi connectivity index (χ4v) is 5.80. The zero-order valence-corrected chi connectivity index (χ0v) is 28.7. The Balaban J connectivity index is 1.19. The van der Waals surface area contributed by atoms with E-state index in [-0.39, 0.29) is 11.4 Å². The Kier molecular flexibility index (Phi) is 9.35. The summed E-state index contributed by atoms with van der Waals surface area (Å²) in [4.78, 5) is 26.4. The van der Waals surface area contributed by atoms with Crippen LogP contribution in [0.4, 0.5) is 27.8 Å². The lowest BCUT2D eigenvalue weighted by molar-refractivity contribution is 0.240. The zero-order chi connectivity index (χ0) is 34.6. The number of anilines is 4. The van der Waals surface area contributed by atoms with Crippen LogP contribution in [0, 0.1) is 12.3 Å². The van der Waals surface area contributed by atoms with Crippen molar-refractivity contribution >= 4 is 45.5 Å². The highest BCUT2D eigenvalue weighted by atomic mass is 16.5. The van der Waals surface area contributed by atoms with Gasteiger partial charge in [-0.2, -0.15) is 5.10 Å². The van der Waals surface area contributed by atoms with Gasteiger partial charge in [-0.1, -0.05) is 45.0 Å². The Morgan fingerprint density at radius 2 is 1.69 bits per heavy atom. The molecule has 11 heteroatoms. The fraction of sp³-hybridized carbons (Fsp3) is 0.289. The van der Waals surface area contributed by atoms with Gasteiger partial charge in [-0.3, -0.25) is 4.98 Å². The molecule has 252 valence electrons. The zero-order valence-electron chi connectivity index (χ0n) is 28.7. The second-order valence-electron chi connectivity index (χ2n) is 13.2. The molecule has 1 aliphatic heterocycles. The summed E-state index contributed by atoms with van der Waals surface area (Å²) in [7, 11) is 0. The van der Waals surface area contributed by atoms with Crippen LogP contribution in [-0.4, -0.2) is 39.0 Å². The number of fused-ring (bicyclic) bond motifs is 1. The Labute approximate surface area is 286 Å². The van der Waals surface area contributed by atoms with Crippen molar-refractivity contribution in [1.29, 1.82) is 0 Å². The number of aryl methyl sites for hydroxylation is 1. The molecule has 2 aromatic heterocycles. The van der Waals surface area contributed by atoms with Crippen LogP contribution >= 0.6 is 0 Å². The molecule has 1 unspecified atom stereocenters. The molecule has 0 saturated carbocycles. The predicted molar refractivity (Wildman–Crippen MR) is 195 cm³/mol. The molecule has 1 atom stereocenters. The number of carbonyl (C=O) groups is 1. The highest BCUT2D eigenvalue weighted by molar-refractivity contribution is 6.04. The molecule has 0 saturated heterocycles. The third-order valence-electron chi connectivity index (χ3n) is 8.32. The van der Waals surface area contributed by atoms with Crippen molar-refractivity contribution in [3.05, 3.63) is 103 Å². The van der Waals surface area contributed by atoms with E-state index in [1.165, 1.54) is 0 Å². The van der Waals surface area contributed by atoms with Gasteiger partial charge in [0.15, 0.2) is 0 Å². The molecule has 3 aromatic carbocycles. The lowest BCUT2D eigenvalue weighted by atomic mass is 9.85. The summed E-state index contributed by atoms with van der Waals surface area (Å²) in [5, 5.41) is 18.2. The van der Waals surface area contributed by atoms with Crippen molar-refractivity contribution in [2.75, 3.05) is 22.2 Å². The SMILES string of the molecule is CCOc1ccc(N2N=C(C(C)(C)C)CC2(C)NC(=O)Nc2ccc(OCc3ccnc(Nc4cnccn4)c3)c3ccccc23)cc1C. The van der Waals surface area contributed by atoms with E-state index in [4.69, 9.17) is 14.6 Å². The highest BCUT2D eigenvalue weighted by Crippen LogP contribution is 2.38. The average Bonchev–Trinajstić information content (AvgIpc) is 3.43. The van der Waals surface area contributed by atoms with Crippen molar-refractivity contribution in [1.82, 2.24) is 20.3 Å². The van der Waals surface area contributed by atoms with Crippen LogP contribution in [0.1, 0.15) is 52.2 Å². The first-order valence-electron chi connectivity index (χ1n) is 16.4. The number of rotatable bonds is 10. The third-order valence-corrected chi connectivity index (χ3v) is 8.32. The van der Waals surface area contributed by atoms with Crippen molar-refractivity contribution in [2.24, 2.45) is 10.5 Å². The molecule has 11 nitrogen and oxygen atoms in total. The van der Waals surface area contributed by atoms with E-state index in [0.717, 1.165) is 39.0 Å². The number of carbonyl (C=O) groups excluding carboxylic acids is 1. The molecule has 1 aliphatic rings. The molecular formula is C38H42N8O3. The van der Waals surface area contributed by atoms with Crippen molar-refractivity contribution < 1.29 is 14.3 Å². The quantitative estimate of drug-likeness (QED) is 0.137. The summed E-state index contributed by atoms with van der Waals surface area (Å²) in [6, 6.07) is 21.1. The first kappa shape index (κ1) is 33.2. The Bertz CT molecular complexity index is 1990. The van der Waals surface area contributed by atoms with Crippen LogP contribution in [0.3, 0.4) is 0 Å². The van der Waals surface area contributed by atoms with E-state index >= 15 is 0 Å². The topological polar surface area (TPSA) is 126 Å². The van der Waals surface area contributed by atoms with E-state index in [1.54, 1.807) is 24.8 Å². The largest absolute Gasteiger partial charge is 0.494 e. The number of aromatic nitrogens is 3. The summed E-state index contributed by atoms with van der Waals surface area (Å²) in [5.41, 5.74) is 3.49. The summed E-state index contributed by atoms with van der Waals surface area (Å²) in [6.45, 7) is 13.3. The van der Waals surface area contributed by atoms with Crippen LogP contribution in [0.5, 0.6) is 11.5 Å².